The van der Waals surface area contributed by atoms with Crippen LogP contribution in [0.1, 0.15) is 11.3 Å². The van der Waals surface area contributed by atoms with Gasteiger partial charge in [-0.25, -0.2) is 19.4 Å². The lowest BCUT2D eigenvalue weighted by atomic mass is 10.2. The molecule has 0 unspecified atom stereocenters. The third kappa shape index (κ3) is 2.65. The van der Waals surface area contributed by atoms with Gasteiger partial charge in [-0.05, 0) is 25.2 Å². The molecule has 0 radical (unpaired) electrons. The molecular formula is C8H5Cl3FN3. The van der Waals surface area contributed by atoms with E-state index in [4.69, 9.17) is 34.8 Å². The van der Waals surface area contributed by atoms with Gasteiger partial charge >= 0.3 is 0 Å². The van der Waals surface area contributed by atoms with Crippen molar-refractivity contribution >= 4 is 47.3 Å². The van der Waals surface area contributed by atoms with E-state index in [1.807, 2.05) is 0 Å². The normalized spacial score (nSPS) is 12.3. The summed E-state index contributed by atoms with van der Waals surface area (Å²) in [6, 6.07) is 0. The summed E-state index contributed by atoms with van der Waals surface area (Å²) < 4.78 is 13.6. The number of hydrogen-bond acceptors (Lipinski definition) is 3. The second-order valence-corrected chi connectivity index (χ2v) is 3.57. The predicted molar refractivity (Wildman–Crippen MR) is 60.2 cm³/mol. The maximum atomic E-state index is 13.6. The SMILES string of the molecule is C=N/C(Cl)=C(/F)c1nc(Cl)nc(Cl)c1C. The fraction of sp³-hybridized carbons (Fsp3) is 0.125. The van der Waals surface area contributed by atoms with Gasteiger partial charge in [-0.3, -0.25) is 0 Å². The van der Waals surface area contributed by atoms with Gasteiger partial charge in [0, 0.05) is 5.56 Å². The average molecular weight is 269 g/mol. The Balaban J connectivity index is 3.44. The summed E-state index contributed by atoms with van der Waals surface area (Å²) in [6.45, 7) is 4.64. The molecule has 15 heavy (non-hydrogen) atoms. The van der Waals surface area contributed by atoms with Crippen LogP contribution in [0.2, 0.25) is 10.4 Å². The Morgan fingerprint density at radius 1 is 1.40 bits per heavy atom. The second-order valence-electron chi connectivity index (χ2n) is 2.52. The lowest BCUT2D eigenvalue weighted by molar-refractivity contribution is 0.743. The van der Waals surface area contributed by atoms with Gasteiger partial charge in [0.05, 0.1) is 0 Å². The van der Waals surface area contributed by atoms with Gasteiger partial charge in [0.15, 0.2) is 11.0 Å². The second kappa shape index (κ2) is 4.88. The van der Waals surface area contributed by atoms with Gasteiger partial charge in [-0.15, -0.1) is 0 Å². The Morgan fingerprint density at radius 3 is 2.53 bits per heavy atom. The molecule has 1 aromatic rings. The predicted octanol–water partition coefficient (Wildman–Crippen LogP) is 3.63. The quantitative estimate of drug-likeness (QED) is 0.355. The molecule has 7 heteroatoms. The van der Waals surface area contributed by atoms with E-state index in [1.165, 1.54) is 0 Å². The monoisotopic (exact) mass is 267 g/mol. The van der Waals surface area contributed by atoms with E-state index in [1.54, 1.807) is 6.92 Å². The minimum atomic E-state index is -0.838. The van der Waals surface area contributed by atoms with Crippen molar-refractivity contribution in [1.82, 2.24) is 9.97 Å². The molecule has 0 aliphatic heterocycles. The van der Waals surface area contributed by atoms with Gasteiger partial charge in [-0.2, -0.15) is 0 Å². The molecule has 0 saturated carbocycles. The average Bonchev–Trinajstić information content (AvgIpc) is 2.21. The summed E-state index contributed by atoms with van der Waals surface area (Å²) in [5, 5.41) is -0.498. The topological polar surface area (TPSA) is 38.1 Å². The van der Waals surface area contributed by atoms with E-state index in [2.05, 4.69) is 21.7 Å². The van der Waals surface area contributed by atoms with Crippen LogP contribution in [0, 0.1) is 6.92 Å². The smallest absolute Gasteiger partial charge is 0.224 e. The Labute approximate surface area is 101 Å². The Kier molecular flexibility index (Phi) is 4.02. The molecular weight excluding hydrogens is 263 g/mol. The molecule has 0 amide bonds. The Hall–Kier alpha value is -0.710. The van der Waals surface area contributed by atoms with Crippen LogP contribution in [-0.2, 0) is 0 Å². The highest BCUT2D eigenvalue weighted by Gasteiger charge is 2.15. The first-order valence-electron chi connectivity index (χ1n) is 3.69. The number of halogens is 4. The molecule has 0 spiro atoms. The van der Waals surface area contributed by atoms with Gasteiger partial charge in [-0.1, -0.05) is 23.2 Å². The van der Waals surface area contributed by atoms with Crippen LogP contribution in [0.25, 0.3) is 5.83 Å². The molecule has 0 atom stereocenters. The molecule has 80 valence electrons. The van der Waals surface area contributed by atoms with E-state index >= 15 is 0 Å². The fourth-order valence-electron chi connectivity index (χ4n) is 0.844. The zero-order chi connectivity index (χ0) is 11.6. The van der Waals surface area contributed by atoms with Crippen LogP contribution >= 0.6 is 34.8 Å². The van der Waals surface area contributed by atoms with Crippen LogP contribution in [-0.4, -0.2) is 16.7 Å². The number of hydrogen-bond donors (Lipinski definition) is 0. The van der Waals surface area contributed by atoms with E-state index in [-0.39, 0.29) is 16.1 Å². The molecule has 0 fully saturated rings. The first-order chi connectivity index (χ1) is 6.97. The first kappa shape index (κ1) is 12.4. The molecule has 0 N–H and O–H groups in total. The molecule has 1 rings (SSSR count). The highest BCUT2D eigenvalue weighted by atomic mass is 35.5. The highest BCUT2D eigenvalue weighted by Crippen LogP contribution is 2.28. The van der Waals surface area contributed by atoms with Crippen molar-refractivity contribution in [3.63, 3.8) is 0 Å². The standard InChI is InChI=1S/C8H5Cl3FN3/c1-3-5(4(12)7(10)13-2)14-8(11)15-6(3)9/h2H2,1H3/b7-4+. The lowest BCUT2D eigenvalue weighted by Gasteiger charge is -2.04. The van der Waals surface area contributed by atoms with Crippen molar-refractivity contribution in [2.24, 2.45) is 4.99 Å². The number of rotatable bonds is 2. The summed E-state index contributed by atoms with van der Waals surface area (Å²) in [5.74, 6) is -0.838. The van der Waals surface area contributed by atoms with Crippen LogP contribution in [0.4, 0.5) is 4.39 Å². The zero-order valence-corrected chi connectivity index (χ0v) is 9.83. The summed E-state index contributed by atoms with van der Waals surface area (Å²) in [5.41, 5.74) is 0.248. The maximum absolute atomic E-state index is 13.6. The lowest BCUT2D eigenvalue weighted by Crippen LogP contribution is -1.96. The van der Waals surface area contributed by atoms with Crippen molar-refractivity contribution in [2.75, 3.05) is 0 Å². The Bertz CT molecular complexity index is 445. The highest BCUT2D eigenvalue weighted by molar-refractivity contribution is 6.33. The molecule has 1 aromatic heterocycles. The van der Waals surface area contributed by atoms with Crippen LogP contribution < -0.4 is 0 Å². The molecule has 3 nitrogen and oxygen atoms in total. The third-order valence-electron chi connectivity index (χ3n) is 1.59. The van der Waals surface area contributed by atoms with Crippen LogP contribution in [0.5, 0.6) is 0 Å². The van der Waals surface area contributed by atoms with Crippen molar-refractivity contribution in [3.8, 4) is 0 Å². The summed E-state index contributed by atoms with van der Waals surface area (Å²) in [7, 11) is 0. The van der Waals surface area contributed by atoms with Gasteiger partial charge in [0.25, 0.3) is 0 Å². The van der Waals surface area contributed by atoms with Crippen molar-refractivity contribution in [3.05, 3.63) is 26.9 Å². The van der Waals surface area contributed by atoms with Crippen LogP contribution in [0.3, 0.4) is 0 Å². The van der Waals surface area contributed by atoms with E-state index < -0.39 is 11.0 Å². The van der Waals surface area contributed by atoms with Crippen molar-refractivity contribution in [1.29, 1.82) is 0 Å². The molecule has 1 heterocycles. The first-order valence-corrected chi connectivity index (χ1v) is 4.82. The summed E-state index contributed by atoms with van der Waals surface area (Å²) in [6.07, 6.45) is 0. The van der Waals surface area contributed by atoms with Crippen molar-refractivity contribution in [2.45, 2.75) is 6.92 Å². The maximum Gasteiger partial charge on any atom is 0.224 e. The van der Waals surface area contributed by atoms with E-state index in [9.17, 15) is 4.39 Å². The van der Waals surface area contributed by atoms with Crippen LogP contribution in [0.15, 0.2) is 10.1 Å². The number of aliphatic imine (C=N–C) groups is 1. The summed E-state index contributed by atoms with van der Waals surface area (Å²) in [4.78, 5) is 10.5. The zero-order valence-electron chi connectivity index (χ0n) is 7.56. The largest absolute Gasteiger partial charge is 0.249 e. The minimum absolute atomic E-state index is 0.0636. The third-order valence-corrected chi connectivity index (χ3v) is 2.41. The number of nitrogens with zero attached hydrogens (tertiary/aromatic N) is 3. The molecule has 0 aromatic carbocycles. The molecule has 0 bridgehead atoms. The fourth-order valence-corrected chi connectivity index (χ4v) is 1.32. The molecule has 0 saturated heterocycles. The van der Waals surface area contributed by atoms with Gasteiger partial charge < -0.3 is 0 Å². The van der Waals surface area contributed by atoms with Gasteiger partial charge in [0.1, 0.15) is 10.8 Å². The van der Waals surface area contributed by atoms with Crippen molar-refractivity contribution < 1.29 is 4.39 Å². The Morgan fingerprint density at radius 2 is 2.00 bits per heavy atom. The van der Waals surface area contributed by atoms with E-state index in [0.717, 1.165) is 0 Å². The summed E-state index contributed by atoms with van der Waals surface area (Å²) >= 11 is 16.7. The molecule has 0 aliphatic rings. The number of aromatic nitrogens is 2. The van der Waals surface area contributed by atoms with Gasteiger partial charge in [0.2, 0.25) is 5.28 Å². The minimum Gasteiger partial charge on any atom is -0.249 e. The molecule has 0 aliphatic carbocycles. The van der Waals surface area contributed by atoms with E-state index in [0.29, 0.717) is 5.56 Å².